The van der Waals surface area contributed by atoms with Crippen LogP contribution in [0.1, 0.15) is 29.3 Å². The molecule has 0 unspecified atom stereocenters. The maximum absolute atomic E-state index is 11.1. The molecule has 4 nitrogen and oxygen atoms in total. The molecule has 0 aliphatic rings. The summed E-state index contributed by atoms with van der Waals surface area (Å²) >= 11 is 9.57. The number of rotatable bonds is 7. The first-order chi connectivity index (χ1) is 11.0. The van der Waals surface area contributed by atoms with Gasteiger partial charge in [0, 0.05) is 16.6 Å². The number of hydrogen-bond acceptors (Lipinski definition) is 3. The molecule has 6 heteroatoms. The van der Waals surface area contributed by atoms with Gasteiger partial charge in [-0.1, -0.05) is 34.5 Å². The van der Waals surface area contributed by atoms with Crippen LogP contribution >= 0.6 is 27.5 Å². The lowest BCUT2D eigenvalue weighted by Gasteiger charge is -2.14. The van der Waals surface area contributed by atoms with Crippen LogP contribution in [0.15, 0.2) is 40.9 Å². The third-order valence-electron chi connectivity index (χ3n) is 3.17. The molecule has 0 aliphatic carbocycles. The number of anilines is 1. The van der Waals surface area contributed by atoms with Gasteiger partial charge in [0.15, 0.2) is 0 Å². The zero-order chi connectivity index (χ0) is 16.8. The summed E-state index contributed by atoms with van der Waals surface area (Å²) in [5.41, 5.74) is 1.73. The van der Waals surface area contributed by atoms with Crippen LogP contribution in [-0.4, -0.2) is 17.7 Å². The van der Waals surface area contributed by atoms with Crippen molar-refractivity contribution in [2.24, 2.45) is 0 Å². The Labute approximate surface area is 148 Å². The van der Waals surface area contributed by atoms with E-state index in [1.54, 1.807) is 6.07 Å². The van der Waals surface area contributed by atoms with Gasteiger partial charge in [0.25, 0.3) is 0 Å². The predicted molar refractivity (Wildman–Crippen MR) is 95.7 cm³/mol. The minimum Gasteiger partial charge on any atom is -0.493 e. The summed E-state index contributed by atoms with van der Waals surface area (Å²) in [5.74, 6) is -0.188. The summed E-state index contributed by atoms with van der Waals surface area (Å²) in [7, 11) is 0. The quantitative estimate of drug-likeness (QED) is 0.673. The van der Waals surface area contributed by atoms with E-state index in [9.17, 15) is 4.79 Å². The SMILES string of the molecule is CCCOc1ccc(Br)cc1CNc1cc(C(=O)O)ccc1Cl. The van der Waals surface area contributed by atoms with Crippen LogP contribution in [0.2, 0.25) is 5.02 Å². The highest BCUT2D eigenvalue weighted by Crippen LogP contribution is 2.27. The lowest BCUT2D eigenvalue weighted by molar-refractivity contribution is 0.0697. The molecule has 2 aromatic carbocycles. The van der Waals surface area contributed by atoms with Crippen LogP contribution in [-0.2, 0) is 6.54 Å². The minimum atomic E-state index is -0.987. The van der Waals surface area contributed by atoms with Crippen molar-refractivity contribution < 1.29 is 14.6 Å². The van der Waals surface area contributed by atoms with E-state index in [2.05, 4.69) is 21.2 Å². The van der Waals surface area contributed by atoms with Crippen LogP contribution in [0.3, 0.4) is 0 Å². The van der Waals surface area contributed by atoms with E-state index >= 15 is 0 Å². The van der Waals surface area contributed by atoms with E-state index in [0.29, 0.717) is 23.9 Å². The molecule has 122 valence electrons. The van der Waals surface area contributed by atoms with Gasteiger partial charge >= 0.3 is 5.97 Å². The van der Waals surface area contributed by atoms with E-state index in [-0.39, 0.29) is 5.56 Å². The van der Waals surface area contributed by atoms with Crippen molar-refractivity contribution in [2.75, 3.05) is 11.9 Å². The monoisotopic (exact) mass is 397 g/mol. The van der Waals surface area contributed by atoms with Gasteiger partial charge in [-0.05, 0) is 42.8 Å². The summed E-state index contributed by atoms with van der Waals surface area (Å²) in [4.78, 5) is 11.1. The van der Waals surface area contributed by atoms with Crippen LogP contribution in [0.4, 0.5) is 5.69 Å². The van der Waals surface area contributed by atoms with Crippen LogP contribution in [0, 0.1) is 0 Å². The molecule has 23 heavy (non-hydrogen) atoms. The molecule has 0 fully saturated rings. The second-order valence-electron chi connectivity index (χ2n) is 4.95. The van der Waals surface area contributed by atoms with Gasteiger partial charge in [-0.25, -0.2) is 4.79 Å². The Morgan fingerprint density at radius 2 is 2.09 bits per heavy atom. The third-order valence-corrected chi connectivity index (χ3v) is 3.99. The molecule has 0 aliphatic heterocycles. The summed E-state index contributed by atoms with van der Waals surface area (Å²) in [6.07, 6.45) is 0.926. The number of carbonyl (C=O) groups is 1. The average Bonchev–Trinajstić information content (AvgIpc) is 2.53. The van der Waals surface area contributed by atoms with Gasteiger partial charge in [-0.15, -0.1) is 0 Å². The topological polar surface area (TPSA) is 58.6 Å². The molecular formula is C17H17BrClNO3. The van der Waals surface area contributed by atoms with E-state index in [1.165, 1.54) is 12.1 Å². The zero-order valence-electron chi connectivity index (χ0n) is 12.6. The summed E-state index contributed by atoms with van der Waals surface area (Å²) in [6, 6.07) is 10.4. The number of carboxylic acid groups (broad SMARTS) is 1. The van der Waals surface area contributed by atoms with Crippen molar-refractivity contribution in [1.82, 2.24) is 0 Å². The Balaban J connectivity index is 2.18. The van der Waals surface area contributed by atoms with Gasteiger partial charge < -0.3 is 15.2 Å². The van der Waals surface area contributed by atoms with Crippen molar-refractivity contribution >= 4 is 39.2 Å². The Hall–Kier alpha value is -1.72. The lowest BCUT2D eigenvalue weighted by Crippen LogP contribution is -2.05. The lowest BCUT2D eigenvalue weighted by atomic mass is 10.1. The number of hydrogen-bond donors (Lipinski definition) is 2. The first-order valence-electron chi connectivity index (χ1n) is 7.19. The van der Waals surface area contributed by atoms with Crippen molar-refractivity contribution in [2.45, 2.75) is 19.9 Å². The van der Waals surface area contributed by atoms with Crippen molar-refractivity contribution in [3.05, 3.63) is 57.0 Å². The Bertz CT molecular complexity index is 706. The largest absolute Gasteiger partial charge is 0.493 e. The number of ether oxygens (including phenoxy) is 1. The minimum absolute atomic E-state index is 0.189. The Morgan fingerprint density at radius 3 is 2.78 bits per heavy atom. The smallest absolute Gasteiger partial charge is 0.335 e. The number of halogens is 2. The average molecular weight is 399 g/mol. The van der Waals surface area contributed by atoms with E-state index in [1.807, 2.05) is 25.1 Å². The highest BCUT2D eigenvalue weighted by molar-refractivity contribution is 9.10. The van der Waals surface area contributed by atoms with Gasteiger partial charge in [0.2, 0.25) is 0 Å². The second kappa shape index (κ2) is 8.22. The van der Waals surface area contributed by atoms with Crippen molar-refractivity contribution in [3.8, 4) is 5.75 Å². The van der Waals surface area contributed by atoms with Crippen molar-refractivity contribution in [1.29, 1.82) is 0 Å². The van der Waals surface area contributed by atoms with Crippen LogP contribution in [0.5, 0.6) is 5.75 Å². The van der Waals surface area contributed by atoms with Crippen molar-refractivity contribution in [3.63, 3.8) is 0 Å². The Morgan fingerprint density at radius 1 is 1.30 bits per heavy atom. The van der Waals surface area contributed by atoms with E-state index in [0.717, 1.165) is 22.2 Å². The molecule has 0 spiro atoms. The maximum Gasteiger partial charge on any atom is 0.335 e. The molecule has 0 atom stereocenters. The maximum atomic E-state index is 11.1. The molecule has 2 aromatic rings. The van der Waals surface area contributed by atoms with Gasteiger partial charge in [-0.3, -0.25) is 0 Å². The molecule has 0 bridgehead atoms. The number of benzene rings is 2. The molecule has 0 radical (unpaired) electrons. The normalized spacial score (nSPS) is 10.4. The molecule has 0 saturated carbocycles. The molecule has 0 amide bonds. The van der Waals surface area contributed by atoms with E-state index < -0.39 is 5.97 Å². The Kier molecular flexibility index (Phi) is 6.30. The summed E-state index contributed by atoms with van der Waals surface area (Å²) < 4.78 is 6.68. The molecule has 0 saturated heterocycles. The first kappa shape index (κ1) is 17.6. The molecule has 0 aromatic heterocycles. The van der Waals surface area contributed by atoms with E-state index in [4.69, 9.17) is 21.4 Å². The molecule has 2 N–H and O–H groups in total. The standard InChI is InChI=1S/C17H17BrClNO3/c1-2-7-23-16-6-4-13(18)8-12(16)10-20-15-9-11(17(21)22)3-5-14(15)19/h3-6,8-9,20H,2,7,10H2,1H3,(H,21,22). The first-order valence-corrected chi connectivity index (χ1v) is 8.36. The van der Waals surface area contributed by atoms with Gasteiger partial charge in [-0.2, -0.15) is 0 Å². The molecule has 2 rings (SSSR count). The highest BCUT2D eigenvalue weighted by atomic mass is 79.9. The molecular weight excluding hydrogens is 382 g/mol. The fourth-order valence-corrected chi connectivity index (χ4v) is 2.62. The highest BCUT2D eigenvalue weighted by Gasteiger charge is 2.09. The van der Waals surface area contributed by atoms with Gasteiger partial charge in [0.05, 0.1) is 22.9 Å². The third kappa shape index (κ3) is 4.88. The second-order valence-corrected chi connectivity index (χ2v) is 6.28. The fraction of sp³-hybridized carbons (Fsp3) is 0.235. The van der Waals surface area contributed by atoms with Crippen LogP contribution < -0.4 is 10.1 Å². The molecule has 0 heterocycles. The number of aromatic carboxylic acids is 1. The zero-order valence-corrected chi connectivity index (χ0v) is 14.9. The van der Waals surface area contributed by atoms with Crippen LogP contribution in [0.25, 0.3) is 0 Å². The predicted octanol–water partition coefficient (Wildman–Crippen LogP) is 5.20. The number of carboxylic acids is 1. The summed E-state index contributed by atoms with van der Waals surface area (Å²) in [5, 5.41) is 12.7. The number of nitrogens with one attached hydrogen (secondary N) is 1. The van der Waals surface area contributed by atoms with Gasteiger partial charge in [0.1, 0.15) is 5.75 Å². The fourth-order valence-electron chi connectivity index (χ4n) is 2.02. The summed E-state index contributed by atoms with van der Waals surface area (Å²) in [6.45, 7) is 3.17.